The van der Waals surface area contributed by atoms with Gasteiger partial charge in [-0.1, -0.05) is 0 Å². The van der Waals surface area contributed by atoms with Crippen molar-refractivity contribution in [1.82, 2.24) is 10.6 Å². The number of alkyl carbamates (subject to hydrolysis) is 1. The topological polar surface area (TPSA) is 67.4 Å². The first-order valence-electron chi connectivity index (χ1n) is 8.21. The van der Waals surface area contributed by atoms with Crippen LogP contribution in [0.15, 0.2) is 0 Å². The van der Waals surface area contributed by atoms with E-state index in [1.54, 1.807) is 6.26 Å². The molecule has 1 rings (SSSR count). The van der Waals surface area contributed by atoms with Crippen molar-refractivity contribution in [3.63, 3.8) is 0 Å². The van der Waals surface area contributed by atoms with Crippen LogP contribution in [0, 0.1) is 0 Å². The van der Waals surface area contributed by atoms with Crippen molar-refractivity contribution in [2.24, 2.45) is 0 Å². The summed E-state index contributed by atoms with van der Waals surface area (Å²) in [5.74, 6) is 0.737. The molecule has 5 nitrogen and oxygen atoms in total. The zero-order valence-corrected chi connectivity index (χ0v) is 15.4. The van der Waals surface area contributed by atoms with Crippen LogP contribution >= 0.6 is 0 Å². The molecule has 4 atom stereocenters. The lowest BCUT2D eigenvalue weighted by atomic mass is 9.90. The molecular formula is C16H32N2O3S. The molecule has 0 spiro atoms. The minimum Gasteiger partial charge on any atom is -0.444 e. The second-order valence-electron chi connectivity index (χ2n) is 7.34. The third kappa shape index (κ3) is 8.73. The van der Waals surface area contributed by atoms with Crippen LogP contribution < -0.4 is 10.6 Å². The number of amides is 1. The molecule has 1 saturated carbocycles. The summed E-state index contributed by atoms with van der Waals surface area (Å²) in [6.45, 7) is 7.75. The van der Waals surface area contributed by atoms with E-state index < -0.39 is 16.4 Å². The number of rotatable bonds is 6. The average molecular weight is 333 g/mol. The van der Waals surface area contributed by atoms with Gasteiger partial charge in [-0.3, -0.25) is 4.21 Å². The third-order valence-corrected chi connectivity index (χ3v) is 4.56. The van der Waals surface area contributed by atoms with Gasteiger partial charge in [0, 0.05) is 40.9 Å². The molecule has 0 aromatic heterocycles. The molecule has 0 aliphatic heterocycles. The van der Waals surface area contributed by atoms with Gasteiger partial charge < -0.3 is 15.4 Å². The second kappa shape index (κ2) is 8.87. The van der Waals surface area contributed by atoms with Gasteiger partial charge in [0.15, 0.2) is 0 Å². The van der Waals surface area contributed by atoms with E-state index in [0.29, 0.717) is 12.1 Å². The summed E-state index contributed by atoms with van der Waals surface area (Å²) in [6, 6.07) is 0.941. The molecule has 0 bridgehead atoms. The molecule has 1 aliphatic carbocycles. The standard InChI is InChI=1S/C16H32N2O3S/c1-12(9-10-22(5)20)17-13-7-6-8-14(11-13)18-15(19)21-16(2,3)4/h12-14,17H,6-11H2,1-5H3,(H,18,19). The number of ether oxygens (including phenoxy) is 1. The molecular weight excluding hydrogens is 300 g/mol. The Morgan fingerprint density at radius 3 is 2.55 bits per heavy atom. The van der Waals surface area contributed by atoms with Gasteiger partial charge >= 0.3 is 6.09 Å². The minimum atomic E-state index is -0.731. The van der Waals surface area contributed by atoms with E-state index in [4.69, 9.17) is 4.74 Å². The largest absolute Gasteiger partial charge is 0.444 e. The maximum atomic E-state index is 11.8. The van der Waals surface area contributed by atoms with E-state index in [9.17, 15) is 9.00 Å². The highest BCUT2D eigenvalue weighted by atomic mass is 32.2. The van der Waals surface area contributed by atoms with E-state index in [1.165, 1.54) is 0 Å². The average Bonchev–Trinajstić information content (AvgIpc) is 2.34. The fourth-order valence-corrected chi connectivity index (χ4v) is 3.46. The van der Waals surface area contributed by atoms with E-state index >= 15 is 0 Å². The summed E-state index contributed by atoms with van der Waals surface area (Å²) in [4.78, 5) is 11.8. The zero-order chi connectivity index (χ0) is 16.8. The van der Waals surface area contributed by atoms with Crippen LogP contribution in [0.3, 0.4) is 0 Å². The molecule has 130 valence electrons. The normalized spacial score (nSPS) is 25.3. The Bertz CT molecular complexity index is 382. The van der Waals surface area contributed by atoms with Gasteiger partial charge in [-0.25, -0.2) is 4.79 Å². The van der Waals surface area contributed by atoms with Crippen molar-refractivity contribution in [3.05, 3.63) is 0 Å². The third-order valence-electron chi connectivity index (χ3n) is 3.75. The van der Waals surface area contributed by atoms with Crippen LogP contribution in [-0.4, -0.2) is 46.0 Å². The van der Waals surface area contributed by atoms with Crippen molar-refractivity contribution < 1.29 is 13.7 Å². The van der Waals surface area contributed by atoms with Gasteiger partial charge in [-0.2, -0.15) is 0 Å². The quantitative estimate of drug-likeness (QED) is 0.784. The zero-order valence-electron chi connectivity index (χ0n) is 14.6. The molecule has 0 heterocycles. The second-order valence-corrected chi connectivity index (χ2v) is 8.90. The van der Waals surface area contributed by atoms with E-state index in [0.717, 1.165) is 37.9 Å². The van der Waals surface area contributed by atoms with Crippen LogP contribution in [0.5, 0.6) is 0 Å². The van der Waals surface area contributed by atoms with E-state index in [1.807, 2.05) is 20.8 Å². The van der Waals surface area contributed by atoms with Gasteiger partial charge in [0.25, 0.3) is 0 Å². The Morgan fingerprint density at radius 1 is 1.32 bits per heavy atom. The predicted octanol–water partition coefficient (Wildman–Crippen LogP) is 2.57. The molecule has 1 amide bonds. The Hall–Kier alpha value is -0.620. The van der Waals surface area contributed by atoms with E-state index in [2.05, 4.69) is 17.6 Å². The fraction of sp³-hybridized carbons (Fsp3) is 0.938. The van der Waals surface area contributed by atoms with Crippen LogP contribution in [0.2, 0.25) is 0 Å². The smallest absolute Gasteiger partial charge is 0.407 e. The number of nitrogens with one attached hydrogen (secondary N) is 2. The van der Waals surface area contributed by atoms with Crippen LogP contribution in [0.4, 0.5) is 4.79 Å². The maximum absolute atomic E-state index is 11.8. The molecule has 22 heavy (non-hydrogen) atoms. The van der Waals surface area contributed by atoms with Crippen molar-refractivity contribution >= 4 is 16.9 Å². The van der Waals surface area contributed by atoms with Crippen LogP contribution in [0.1, 0.15) is 59.8 Å². The molecule has 2 N–H and O–H groups in total. The Balaban J connectivity index is 2.34. The first-order valence-corrected chi connectivity index (χ1v) is 9.94. The van der Waals surface area contributed by atoms with Crippen molar-refractivity contribution in [1.29, 1.82) is 0 Å². The highest BCUT2D eigenvalue weighted by Gasteiger charge is 2.26. The summed E-state index contributed by atoms with van der Waals surface area (Å²) in [6.07, 6.45) is 6.51. The predicted molar refractivity (Wildman–Crippen MR) is 91.6 cm³/mol. The molecule has 4 unspecified atom stereocenters. The van der Waals surface area contributed by atoms with Crippen molar-refractivity contribution in [3.8, 4) is 0 Å². The van der Waals surface area contributed by atoms with Gasteiger partial charge in [0.1, 0.15) is 5.60 Å². The Morgan fingerprint density at radius 2 is 1.95 bits per heavy atom. The number of hydrogen-bond acceptors (Lipinski definition) is 4. The van der Waals surface area contributed by atoms with Crippen LogP contribution in [-0.2, 0) is 15.5 Å². The molecule has 1 fully saturated rings. The lowest BCUT2D eigenvalue weighted by Gasteiger charge is -2.32. The van der Waals surface area contributed by atoms with Crippen molar-refractivity contribution in [2.45, 2.75) is 83.5 Å². The van der Waals surface area contributed by atoms with Gasteiger partial charge in [0.05, 0.1) is 0 Å². The molecule has 0 radical (unpaired) electrons. The lowest BCUT2D eigenvalue weighted by molar-refractivity contribution is 0.0488. The summed E-state index contributed by atoms with van der Waals surface area (Å²) in [7, 11) is -0.731. The molecule has 0 aromatic carbocycles. The summed E-state index contributed by atoms with van der Waals surface area (Å²) < 4.78 is 16.5. The highest BCUT2D eigenvalue weighted by molar-refractivity contribution is 7.84. The Labute approximate surface area is 137 Å². The van der Waals surface area contributed by atoms with Gasteiger partial charge in [-0.05, 0) is 59.8 Å². The fourth-order valence-electron chi connectivity index (χ4n) is 2.77. The number of carbonyl (C=O) groups is 1. The van der Waals surface area contributed by atoms with Gasteiger partial charge in [-0.15, -0.1) is 0 Å². The number of hydrogen-bond donors (Lipinski definition) is 2. The highest BCUT2D eigenvalue weighted by Crippen LogP contribution is 2.20. The first-order chi connectivity index (χ1) is 10.2. The van der Waals surface area contributed by atoms with Gasteiger partial charge in [0.2, 0.25) is 0 Å². The summed E-state index contributed by atoms with van der Waals surface area (Å²) >= 11 is 0. The van der Waals surface area contributed by atoms with Crippen LogP contribution in [0.25, 0.3) is 0 Å². The first kappa shape index (κ1) is 19.4. The Kier molecular flexibility index (Phi) is 7.83. The number of carbonyl (C=O) groups excluding carboxylic acids is 1. The molecule has 0 aromatic rings. The monoisotopic (exact) mass is 332 g/mol. The maximum Gasteiger partial charge on any atom is 0.407 e. The summed E-state index contributed by atoms with van der Waals surface area (Å²) in [5.41, 5.74) is -0.458. The summed E-state index contributed by atoms with van der Waals surface area (Å²) in [5, 5.41) is 6.58. The minimum absolute atomic E-state index is 0.175. The van der Waals surface area contributed by atoms with Crippen molar-refractivity contribution in [2.75, 3.05) is 12.0 Å². The SMILES string of the molecule is CC(CCS(C)=O)NC1CCCC(NC(=O)OC(C)(C)C)C1. The van der Waals surface area contributed by atoms with E-state index in [-0.39, 0.29) is 12.1 Å². The molecule has 6 heteroatoms. The molecule has 0 saturated heterocycles. The lowest BCUT2D eigenvalue weighted by Crippen LogP contribution is -2.47. The molecule has 1 aliphatic rings.